The standard InChI is InChI=1S/C19H27BrN2O.2ClH/c1-4-22(5-2)12-6-11-21-14-17-8-10-19(23-17)16-7-9-18(20)15(3)13-16;;/h7-10,13,21H,4-6,11-12,14H2,1-3H3;2*1H. The molecule has 0 amide bonds. The Hall–Kier alpha value is -0.520. The molecule has 0 radical (unpaired) electrons. The molecule has 1 N–H and O–H groups in total. The number of nitrogens with one attached hydrogen (secondary N) is 1. The number of aryl methyl sites for hydroxylation is 1. The van der Waals surface area contributed by atoms with E-state index in [0.717, 1.165) is 54.3 Å². The van der Waals surface area contributed by atoms with Gasteiger partial charge in [0.05, 0.1) is 6.54 Å². The van der Waals surface area contributed by atoms with Crippen LogP contribution in [0.1, 0.15) is 31.6 Å². The maximum absolute atomic E-state index is 5.95. The van der Waals surface area contributed by atoms with Gasteiger partial charge in [-0.1, -0.05) is 35.8 Å². The highest BCUT2D eigenvalue weighted by atomic mass is 79.9. The van der Waals surface area contributed by atoms with E-state index in [0.29, 0.717) is 0 Å². The number of benzene rings is 1. The fourth-order valence-corrected chi connectivity index (χ4v) is 2.85. The average Bonchev–Trinajstić information content (AvgIpc) is 3.02. The van der Waals surface area contributed by atoms with Crippen molar-refractivity contribution in [1.29, 1.82) is 0 Å². The predicted octanol–water partition coefficient (Wildman–Crippen LogP) is 5.68. The zero-order chi connectivity index (χ0) is 16.7. The van der Waals surface area contributed by atoms with E-state index < -0.39 is 0 Å². The molecule has 0 aliphatic rings. The van der Waals surface area contributed by atoms with E-state index in [2.05, 4.69) is 77.2 Å². The van der Waals surface area contributed by atoms with E-state index in [1.54, 1.807) is 0 Å². The van der Waals surface area contributed by atoms with E-state index in [-0.39, 0.29) is 24.8 Å². The third-order valence-electron chi connectivity index (χ3n) is 4.13. The van der Waals surface area contributed by atoms with Crippen molar-refractivity contribution in [2.24, 2.45) is 0 Å². The highest BCUT2D eigenvalue weighted by Gasteiger charge is 2.06. The minimum absolute atomic E-state index is 0. The summed E-state index contributed by atoms with van der Waals surface area (Å²) in [5.74, 6) is 1.92. The Balaban J connectivity index is 0.00000288. The Morgan fingerprint density at radius 1 is 1.08 bits per heavy atom. The Kier molecular flexibility index (Phi) is 12.5. The van der Waals surface area contributed by atoms with E-state index in [1.165, 1.54) is 12.0 Å². The second-order valence-corrected chi connectivity index (χ2v) is 6.64. The Morgan fingerprint density at radius 2 is 1.80 bits per heavy atom. The molecular weight excluding hydrogens is 423 g/mol. The molecule has 0 aliphatic carbocycles. The van der Waals surface area contributed by atoms with Gasteiger partial charge in [-0.15, -0.1) is 24.8 Å². The maximum atomic E-state index is 5.95. The molecule has 2 rings (SSSR count). The molecular formula is C19H29BrCl2N2O. The predicted molar refractivity (Wildman–Crippen MR) is 115 cm³/mol. The molecule has 0 fully saturated rings. The summed E-state index contributed by atoms with van der Waals surface area (Å²) >= 11 is 3.53. The summed E-state index contributed by atoms with van der Waals surface area (Å²) in [6.45, 7) is 11.7. The molecule has 0 aliphatic heterocycles. The number of nitrogens with zero attached hydrogens (tertiary/aromatic N) is 1. The summed E-state index contributed by atoms with van der Waals surface area (Å²) in [6.07, 6.45) is 1.17. The highest BCUT2D eigenvalue weighted by molar-refractivity contribution is 9.10. The average molecular weight is 452 g/mol. The molecule has 0 unspecified atom stereocenters. The third kappa shape index (κ3) is 7.71. The molecule has 1 heterocycles. The lowest BCUT2D eigenvalue weighted by Gasteiger charge is -2.17. The van der Waals surface area contributed by atoms with Gasteiger partial charge in [0.1, 0.15) is 11.5 Å². The van der Waals surface area contributed by atoms with Gasteiger partial charge in [-0.05, 0) is 69.4 Å². The first-order valence-corrected chi connectivity index (χ1v) is 9.21. The summed E-state index contributed by atoms with van der Waals surface area (Å²) in [5.41, 5.74) is 2.34. The van der Waals surface area contributed by atoms with Gasteiger partial charge in [0, 0.05) is 10.0 Å². The molecule has 25 heavy (non-hydrogen) atoms. The van der Waals surface area contributed by atoms with Crippen LogP contribution in [0.3, 0.4) is 0 Å². The van der Waals surface area contributed by atoms with E-state index in [1.807, 2.05) is 0 Å². The van der Waals surface area contributed by atoms with Crippen LogP contribution in [0.2, 0.25) is 0 Å². The monoisotopic (exact) mass is 450 g/mol. The number of hydrogen-bond donors (Lipinski definition) is 1. The van der Waals surface area contributed by atoms with Crippen molar-refractivity contribution in [3.05, 3.63) is 46.1 Å². The number of halogens is 3. The van der Waals surface area contributed by atoms with Gasteiger partial charge in [-0.25, -0.2) is 0 Å². The Labute approximate surface area is 172 Å². The number of rotatable bonds is 9. The second kappa shape index (κ2) is 12.8. The van der Waals surface area contributed by atoms with E-state index in [9.17, 15) is 0 Å². The van der Waals surface area contributed by atoms with Crippen LogP contribution in [0.25, 0.3) is 11.3 Å². The zero-order valence-electron chi connectivity index (χ0n) is 15.2. The lowest BCUT2D eigenvalue weighted by molar-refractivity contribution is 0.297. The first-order valence-electron chi connectivity index (χ1n) is 8.42. The van der Waals surface area contributed by atoms with Gasteiger partial charge in [-0.3, -0.25) is 0 Å². The smallest absolute Gasteiger partial charge is 0.134 e. The quantitative estimate of drug-likeness (QED) is 0.497. The molecule has 0 saturated carbocycles. The fraction of sp³-hybridized carbons (Fsp3) is 0.474. The van der Waals surface area contributed by atoms with Crippen LogP contribution in [0, 0.1) is 6.92 Å². The largest absolute Gasteiger partial charge is 0.460 e. The van der Waals surface area contributed by atoms with Crippen molar-refractivity contribution in [2.45, 2.75) is 33.7 Å². The summed E-state index contributed by atoms with van der Waals surface area (Å²) < 4.78 is 7.07. The fourth-order valence-electron chi connectivity index (χ4n) is 2.61. The first kappa shape index (κ1) is 24.5. The van der Waals surface area contributed by atoms with Crippen molar-refractivity contribution in [2.75, 3.05) is 26.2 Å². The minimum Gasteiger partial charge on any atom is -0.460 e. The maximum Gasteiger partial charge on any atom is 0.134 e. The highest BCUT2D eigenvalue weighted by Crippen LogP contribution is 2.26. The van der Waals surface area contributed by atoms with E-state index in [4.69, 9.17) is 4.42 Å². The van der Waals surface area contributed by atoms with Gasteiger partial charge < -0.3 is 14.6 Å². The lowest BCUT2D eigenvalue weighted by atomic mass is 10.1. The normalized spacial score (nSPS) is 10.4. The third-order valence-corrected chi connectivity index (χ3v) is 5.02. The van der Waals surface area contributed by atoms with Crippen molar-refractivity contribution in [3.8, 4) is 11.3 Å². The molecule has 6 heteroatoms. The van der Waals surface area contributed by atoms with Crippen LogP contribution >= 0.6 is 40.7 Å². The Bertz CT molecular complexity index is 615. The Morgan fingerprint density at radius 3 is 2.44 bits per heavy atom. The van der Waals surface area contributed by atoms with Gasteiger partial charge in [0.25, 0.3) is 0 Å². The molecule has 2 aromatic rings. The molecule has 3 nitrogen and oxygen atoms in total. The molecule has 0 bridgehead atoms. The van der Waals surface area contributed by atoms with Gasteiger partial charge in [0.15, 0.2) is 0 Å². The zero-order valence-corrected chi connectivity index (χ0v) is 18.4. The van der Waals surface area contributed by atoms with Crippen LogP contribution in [0.5, 0.6) is 0 Å². The van der Waals surface area contributed by atoms with Gasteiger partial charge in [-0.2, -0.15) is 0 Å². The topological polar surface area (TPSA) is 28.4 Å². The summed E-state index contributed by atoms with van der Waals surface area (Å²) in [4.78, 5) is 2.45. The number of furan rings is 1. The molecule has 0 spiro atoms. The summed E-state index contributed by atoms with van der Waals surface area (Å²) in [5, 5.41) is 3.46. The SMILES string of the molecule is CCN(CC)CCCNCc1ccc(-c2ccc(Br)c(C)c2)o1.Cl.Cl. The van der Waals surface area contributed by atoms with Crippen molar-refractivity contribution < 1.29 is 4.42 Å². The van der Waals surface area contributed by atoms with Gasteiger partial charge in [0.2, 0.25) is 0 Å². The second-order valence-electron chi connectivity index (χ2n) is 5.79. The van der Waals surface area contributed by atoms with Crippen LogP contribution < -0.4 is 5.32 Å². The van der Waals surface area contributed by atoms with Gasteiger partial charge >= 0.3 is 0 Å². The van der Waals surface area contributed by atoms with Crippen LogP contribution in [-0.2, 0) is 6.54 Å². The van der Waals surface area contributed by atoms with Crippen molar-refractivity contribution >= 4 is 40.7 Å². The van der Waals surface area contributed by atoms with Crippen LogP contribution in [0.4, 0.5) is 0 Å². The lowest BCUT2D eigenvalue weighted by Crippen LogP contribution is -2.27. The summed E-state index contributed by atoms with van der Waals surface area (Å²) in [6, 6.07) is 10.4. The number of hydrogen-bond acceptors (Lipinski definition) is 3. The minimum atomic E-state index is 0. The van der Waals surface area contributed by atoms with Crippen LogP contribution in [-0.4, -0.2) is 31.1 Å². The van der Waals surface area contributed by atoms with Crippen molar-refractivity contribution in [3.63, 3.8) is 0 Å². The summed E-state index contributed by atoms with van der Waals surface area (Å²) in [7, 11) is 0. The molecule has 0 saturated heterocycles. The first-order chi connectivity index (χ1) is 11.1. The van der Waals surface area contributed by atoms with Crippen molar-refractivity contribution in [1.82, 2.24) is 10.2 Å². The molecule has 0 atom stereocenters. The molecule has 1 aromatic heterocycles. The van der Waals surface area contributed by atoms with Crippen LogP contribution in [0.15, 0.2) is 39.2 Å². The molecule has 142 valence electrons. The van der Waals surface area contributed by atoms with E-state index >= 15 is 0 Å². The molecule has 1 aromatic carbocycles.